The molecule has 0 heterocycles. The van der Waals surface area contributed by atoms with Gasteiger partial charge in [0.1, 0.15) is 0 Å². The summed E-state index contributed by atoms with van der Waals surface area (Å²) < 4.78 is 5.12. The van der Waals surface area contributed by atoms with Crippen LogP contribution in [0.15, 0.2) is 24.3 Å². The van der Waals surface area contributed by atoms with Crippen molar-refractivity contribution < 1.29 is 9.53 Å². The summed E-state index contributed by atoms with van der Waals surface area (Å²) in [5, 5.41) is 0. The molecule has 0 unspecified atom stereocenters. The maximum atomic E-state index is 11.6. The summed E-state index contributed by atoms with van der Waals surface area (Å²) >= 11 is 0. The third-order valence-electron chi connectivity index (χ3n) is 2.22. The molecular formula is C13H20N2O2. The number of hydrogen-bond donors (Lipinski definition) is 1. The first kappa shape index (κ1) is 13.4. The van der Waals surface area contributed by atoms with E-state index >= 15 is 0 Å². The Labute approximate surface area is 102 Å². The molecule has 1 aromatic carbocycles. The van der Waals surface area contributed by atoms with Crippen molar-refractivity contribution in [1.82, 2.24) is 4.90 Å². The molecule has 0 bridgehead atoms. The number of anilines is 1. The molecule has 94 valence electrons. The molecule has 0 radical (unpaired) electrons. The second-order valence-corrected chi connectivity index (χ2v) is 4.57. The van der Waals surface area contributed by atoms with Crippen LogP contribution in [0, 0.1) is 5.92 Å². The minimum atomic E-state index is -0.305. The van der Waals surface area contributed by atoms with Gasteiger partial charge in [-0.2, -0.15) is 0 Å². The zero-order chi connectivity index (χ0) is 12.8. The van der Waals surface area contributed by atoms with E-state index in [0.29, 0.717) is 24.8 Å². The van der Waals surface area contributed by atoms with Crippen LogP contribution < -0.4 is 5.73 Å². The van der Waals surface area contributed by atoms with Crippen LogP contribution in [0.1, 0.15) is 19.4 Å². The van der Waals surface area contributed by atoms with Gasteiger partial charge in [0, 0.05) is 19.3 Å². The normalized spacial score (nSPS) is 10.4. The maximum absolute atomic E-state index is 11.6. The highest BCUT2D eigenvalue weighted by atomic mass is 16.6. The molecule has 0 saturated carbocycles. The number of benzene rings is 1. The van der Waals surface area contributed by atoms with Crippen LogP contribution in [0.5, 0.6) is 0 Å². The van der Waals surface area contributed by atoms with E-state index in [9.17, 15) is 4.79 Å². The van der Waals surface area contributed by atoms with Gasteiger partial charge in [-0.25, -0.2) is 4.79 Å². The maximum Gasteiger partial charge on any atom is 0.409 e. The predicted molar refractivity (Wildman–Crippen MR) is 68.5 cm³/mol. The van der Waals surface area contributed by atoms with Crippen LogP contribution in [-0.2, 0) is 11.3 Å². The number of ether oxygens (including phenoxy) is 1. The number of hydrogen-bond acceptors (Lipinski definition) is 3. The molecule has 0 saturated heterocycles. The van der Waals surface area contributed by atoms with E-state index in [2.05, 4.69) is 0 Å². The van der Waals surface area contributed by atoms with Crippen molar-refractivity contribution in [3.8, 4) is 0 Å². The Balaban J connectivity index is 2.48. The first-order valence-corrected chi connectivity index (χ1v) is 5.71. The molecule has 0 spiro atoms. The number of nitrogens with two attached hydrogens (primary N) is 1. The van der Waals surface area contributed by atoms with E-state index in [1.807, 2.05) is 38.1 Å². The van der Waals surface area contributed by atoms with Gasteiger partial charge in [0.2, 0.25) is 0 Å². The summed E-state index contributed by atoms with van der Waals surface area (Å²) in [6, 6.07) is 7.48. The minimum Gasteiger partial charge on any atom is -0.449 e. The van der Waals surface area contributed by atoms with E-state index < -0.39 is 0 Å². The summed E-state index contributed by atoms with van der Waals surface area (Å²) in [4.78, 5) is 13.1. The van der Waals surface area contributed by atoms with Gasteiger partial charge < -0.3 is 15.4 Å². The summed E-state index contributed by atoms with van der Waals surface area (Å²) in [5.74, 6) is 0.347. The lowest BCUT2D eigenvalue weighted by Gasteiger charge is -2.18. The zero-order valence-electron chi connectivity index (χ0n) is 10.6. The molecule has 0 aromatic heterocycles. The second kappa shape index (κ2) is 6.13. The molecule has 0 aliphatic heterocycles. The standard InChI is InChI=1S/C13H20N2O2/c1-10(2)9-17-13(16)15(3)8-11-5-4-6-12(14)7-11/h4-7,10H,8-9,14H2,1-3H3. The Bertz CT molecular complexity index is 377. The molecule has 2 N–H and O–H groups in total. The molecule has 17 heavy (non-hydrogen) atoms. The molecule has 4 nitrogen and oxygen atoms in total. The molecule has 1 rings (SSSR count). The number of nitrogen functional groups attached to an aromatic ring is 1. The summed E-state index contributed by atoms with van der Waals surface area (Å²) in [5.41, 5.74) is 7.37. The first-order valence-electron chi connectivity index (χ1n) is 5.71. The largest absolute Gasteiger partial charge is 0.449 e. The lowest BCUT2D eigenvalue weighted by molar-refractivity contribution is 0.0980. The van der Waals surface area contributed by atoms with Gasteiger partial charge in [0.25, 0.3) is 0 Å². The number of carbonyl (C=O) groups excluding carboxylic acids is 1. The number of rotatable bonds is 4. The number of carbonyl (C=O) groups is 1. The average Bonchev–Trinajstić information content (AvgIpc) is 2.25. The van der Waals surface area contributed by atoms with Crippen molar-refractivity contribution in [3.05, 3.63) is 29.8 Å². The van der Waals surface area contributed by atoms with Crippen LogP contribution >= 0.6 is 0 Å². The molecule has 4 heteroatoms. The first-order chi connectivity index (χ1) is 7.99. The average molecular weight is 236 g/mol. The molecule has 1 aromatic rings. The zero-order valence-corrected chi connectivity index (χ0v) is 10.6. The summed E-state index contributed by atoms with van der Waals surface area (Å²) in [7, 11) is 1.71. The van der Waals surface area contributed by atoms with E-state index in [-0.39, 0.29) is 6.09 Å². The van der Waals surface area contributed by atoms with Gasteiger partial charge >= 0.3 is 6.09 Å². The predicted octanol–water partition coefficient (Wildman–Crippen LogP) is 2.49. The quantitative estimate of drug-likeness (QED) is 0.817. The van der Waals surface area contributed by atoms with E-state index in [0.717, 1.165) is 5.56 Å². The third kappa shape index (κ3) is 4.76. The molecule has 0 aliphatic carbocycles. The van der Waals surface area contributed by atoms with E-state index in [1.165, 1.54) is 4.90 Å². The fourth-order valence-electron chi connectivity index (χ4n) is 1.38. The van der Waals surface area contributed by atoms with Crippen molar-refractivity contribution >= 4 is 11.8 Å². The number of nitrogens with zero attached hydrogens (tertiary/aromatic N) is 1. The summed E-state index contributed by atoms with van der Waals surface area (Å²) in [6.45, 7) is 4.96. The van der Waals surface area contributed by atoms with Crippen LogP contribution in [0.4, 0.5) is 10.5 Å². The SMILES string of the molecule is CC(C)COC(=O)N(C)Cc1cccc(N)c1. The van der Waals surface area contributed by atoms with Gasteiger partial charge in [0.05, 0.1) is 6.61 Å². The molecule has 1 amide bonds. The number of amides is 1. The lowest BCUT2D eigenvalue weighted by Crippen LogP contribution is -2.28. The fraction of sp³-hybridized carbons (Fsp3) is 0.462. The minimum absolute atomic E-state index is 0.305. The van der Waals surface area contributed by atoms with Crippen molar-refractivity contribution in [2.24, 2.45) is 5.92 Å². The van der Waals surface area contributed by atoms with Crippen molar-refractivity contribution in [2.45, 2.75) is 20.4 Å². The topological polar surface area (TPSA) is 55.6 Å². The molecular weight excluding hydrogens is 216 g/mol. The highest BCUT2D eigenvalue weighted by Crippen LogP contribution is 2.09. The Morgan fingerprint density at radius 2 is 2.18 bits per heavy atom. The smallest absolute Gasteiger partial charge is 0.409 e. The Morgan fingerprint density at radius 1 is 1.47 bits per heavy atom. The Hall–Kier alpha value is -1.71. The highest BCUT2D eigenvalue weighted by Gasteiger charge is 2.11. The van der Waals surface area contributed by atoms with Gasteiger partial charge in [0.15, 0.2) is 0 Å². The summed E-state index contributed by atoms with van der Waals surface area (Å²) in [6.07, 6.45) is -0.305. The van der Waals surface area contributed by atoms with E-state index in [1.54, 1.807) is 7.05 Å². The molecule has 0 fully saturated rings. The Kier molecular flexibility index (Phi) is 4.82. The van der Waals surface area contributed by atoms with Crippen molar-refractivity contribution in [2.75, 3.05) is 19.4 Å². The molecule has 0 aliphatic rings. The lowest BCUT2D eigenvalue weighted by atomic mass is 10.2. The Morgan fingerprint density at radius 3 is 2.76 bits per heavy atom. The van der Waals surface area contributed by atoms with Gasteiger partial charge in [-0.1, -0.05) is 26.0 Å². The van der Waals surface area contributed by atoms with Gasteiger partial charge in [-0.05, 0) is 23.6 Å². The van der Waals surface area contributed by atoms with Crippen LogP contribution in [0.2, 0.25) is 0 Å². The van der Waals surface area contributed by atoms with Crippen molar-refractivity contribution in [3.63, 3.8) is 0 Å². The second-order valence-electron chi connectivity index (χ2n) is 4.57. The van der Waals surface area contributed by atoms with Crippen molar-refractivity contribution in [1.29, 1.82) is 0 Å². The van der Waals surface area contributed by atoms with Crippen LogP contribution in [-0.4, -0.2) is 24.6 Å². The van der Waals surface area contributed by atoms with Gasteiger partial charge in [-0.15, -0.1) is 0 Å². The monoisotopic (exact) mass is 236 g/mol. The molecule has 0 atom stereocenters. The van der Waals surface area contributed by atoms with E-state index in [4.69, 9.17) is 10.5 Å². The van der Waals surface area contributed by atoms with Crippen LogP contribution in [0.25, 0.3) is 0 Å². The highest BCUT2D eigenvalue weighted by molar-refractivity contribution is 5.67. The van der Waals surface area contributed by atoms with Crippen LogP contribution in [0.3, 0.4) is 0 Å². The third-order valence-corrected chi connectivity index (χ3v) is 2.22. The van der Waals surface area contributed by atoms with Gasteiger partial charge in [-0.3, -0.25) is 0 Å². The fourth-order valence-corrected chi connectivity index (χ4v) is 1.38.